The summed E-state index contributed by atoms with van der Waals surface area (Å²) in [6.45, 7) is 4.15. The van der Waals surface area contributed by atoms with E-state index in [1.807, 2.05) is 4.90 Å². The van der Waals surface area contributed by atoms with E-state index in [2.05, 4.69) is 28.4 Å². The lowest BCUT2D eigenvalue weighted by Gasteiger charge is -2.36. The number of piperidine rings is 1. The summed E-state index contributed by atoms with van der Waals surface area (Å²) in [6, 6.07) is 7.42. The number of amides is 2. The van der Waals surface area contributed by atoms with Gasteiger partial charge in [0.2, 0.25) is 0 Å². The standard InChI is InChI=1S/C20H29N3O/c24-20(23-11-2-1-3-12-23)21-18-8-7-16-9-13-22(19-5-4-6-19)14-10-17(16)15-18/h7-8,15,19H,1-6,9-14H2,(H,21,24). The summed E-state index contributed by atoms with van der Waals surface area (Å²) in [5.41, 5.74) is 3.85. The first kappa shape index (κ1) is 15.9. The van der Waals surface area contributed by atoms with Crippen LogP contribution >= 0.6 is 0 Å². The third kappa shape index (κ3) is 3.44. The zero-order valence-electron chi connectivity index (χ0n) is 14.6. The van der Waals surface area contributed by atoms with Gasteiger partial charge in [0.25, 0.3) is 0 Å². The molecule has 0 bridgehead atoms. The molecule has 3 aliphatic rings. The number of carbonyl (C=O) groups excluding carboxylic acids is 1. The van der Waals surface area contributed by atoms with Crippen LogP contribution in [0.3, 0.4) is 0 Å². The van der Waals surface area contributed by atoms with Gasteiger partial charge in [-0.2, -0.15) is 0 Å². The Morgan fingerprint density at radius 3 is 2.38 bits per heavy atom. The maximum atomic E-state index is 12.4. The second-order valence-electron chi connectivity index (χ2n) is 7.58. The number of likely N-dealkylation sites (tertiary alicyclic amines) is 1. The lowest BCUT2D eigenvalue weighted by molar-refractivity contribution is 0.133. The third-order valence-corrected chi connectivity index (χ3v) is 6.03. The molecule has 2 fully saturated rings. The molecular formula is C20H29N3O. The van der Waals surface area contributed by atoms with Crippen LogP contribution < -0.4 is 5.32 Å². The van der Waals surface area contributed by atoms with Crippen LogP contribution in [0.25, 0.3) is 0 Å². The Morgan fingerprint density at radius 1 is 0.917 bits per heavy atom. The van der Waals surface area contributed by atoms with Crippen LogP contribution in [0.15, 0.2) is 18.2 Å². The molecule has 0 aromatic heterocycles. The monoisotopic (exact) mass is 327 g/mol. The van der Waals surface area contributed by atoms with E-state index in [0.29, 0.717) is 0 Å². The molecule has 1 saturated heterocycles. The van der Waals surface area contributed by atoms with E-state index >= 15 is 0 Å². The molecule has 1 aromatic rings. The molecule has 1 aromatic carbocycles. The highest BCUT2D eigenvalue weighted by atomic mass is 16.2. The summed E-state index contributed by atoms with van der Waals surface area (Å²) in [6.07, 6.45) is 9.94. The molecule has 1 aliphatic carbocycles. The first-order valence-electron chi connectivity index (χ1n) is 9.71. The topological polar surface area (TPSA) is 35.6 Å². The zero-order valence-corrected chi connectivity index (χ0v) is 14.6. The second kappa shape index (κ2) is 7.14. The third-order valence-electron chi connectivity index (χ3n) is 6.03. The molecule has 4 rings (SSSR count). The van der Waals surface area contributed by atoms with Crippen LogP contribution in [-0.2, 0) is 12.8 Å². The minimum Gasteiger partial charge on any atom is -0.325 e. The molecule has 0 unspecified atom stereocenters. The SMILES string of the molecule is O=C(Nc1ccc2c(c1)CCN(C1CCC1)CC2)N1CCCCC1. The number of rotatable bonds is 2. The normalized spacial score (nSPS) is 22.4. The Bertz CT molecular complexity index is 591. The van der Waals surface area contributed by atoms with Crippen molar-refractivity contribution < 1.29 is 4.79 Å². The number of benzene rings is 1. The highest BCUT2D eigenvalue weighted by molar-refractivity contribution is 5.89. The number of hydrogen-bond acceptors (Lipinski definition) is 2. The van der Waals surface area contributed by atoms with Crippen LogP contribution in [0.5, 0.6) is 0 Å². The molecule has 0 spiro atoms. The molecular weight excluding hydrogens is 298 g/mol. The van der Waals surface area contributed by atoms with Gasteiger partial charge in [-0.15, -0.1) is 0 Å². The van der Waals surface area contributed by atoms with Crippen molar-refractivity contribution in [3.05, 3.63) is 29.3 Å². The van der Waals surface area contributed by atoms with E-state index in [4.69, 9.17) is 0 Å². The summed E-state index contributed by atoms with van der Waals surface area (Å²) >= 11 is 0. The van der Waals surface area contributed by atoms with Gasteiger partial charge < -0.3 is 10.2 Å². The average Bonchev–Trinajstić information content (AvgIpc) is 2.77. The molecule has 130 valence electrons. The van der Waals surface area contributed by atoms with Gasteiger partial charge in [-0.3, -0.25) is 4.90 Å². The van der Waals surface area contributed by atoms with Gasteiger partial charge in [-0.25, -0.2) is 4.79 Å². The molecule has 2 aliphatic heterocycles. The molecule has 1 N–H and O–H groups in total. The summed E-state index contributed by atoms with van der Waals surface area (Å²) in [5.74, 6) is 0. The van der Waals surface area contributed by atoms with Gasteiger partial charge in [0, 0.05) is 37.9 Å². The Kier molecular flexibility index (Phi) is 4.74. The zero-order chi connectivity index (χ0) is 16.4. The van der Waals surface area contributed by atoms with Crippen molar-refractivity contribution in [2.75, 3.05) is 31.5 Å². The van der Waals surface area contributed by atoms with Crippen LogP contribution in [0.4, 0.5) is 10.5 Å². The predicted octanol–water partition coefficient (Wildman–Crippen LogP) is 3.66. The molecule has 0 atom stereocenters. The smallest absolute Gasteiger partial charge is 0.321 e. The first-order chi connectivity index (χ1) is 11.8. The maximum absolute atomic E-state index is 12.4. The van der Waals surface area contributed by atoms with Crippen molar-refractivity contribution in [2.45, 2.75) is 57.4 Å². The van der Waals surface area contributed by atoms with Gasteiger partial charge in [-0.05, 0) is 68.2 Å². The second-order valence-corrected chi connectivity index (χ2v) is 7.58. The van der Waals surface area contributed by atoms with Crippen molar-refractivity contribution in [3.63, 3.8) is 0 Å². The molecule has 2 heterocycles. The van der Waals surface area contributed by atoms with Crippen molar-refractivity contribution >= 4 is 11.7 Å². The van der Waals surface area contributed by atoms with Crippen LogP contribution in [0, 0.1) is 0 Å². The van der Waals surface area contributed by atoms with E-state index in [0.717, 1.165) is 50.5 Å². The summed E-state index contributed by atoms with van der Waals surface area (Å²) in [5, 5.41) is 3.11. The van der Waals surface area contributed by atoms with Crippen LogP contribution in [-0.4, -0.2) is 48.1 Å². The Balaban J connectivity index is 1.40. The number of anilines is 1. The van der Waals surface area contributed by atoms with Crippen LogP contribution in [0.2, 0.25) is 0 Å². The molecule has 1 saturated carbocycles. The van der Waals surface area contributed by atoms with Gasteiger partial charge in [-0.1, -0.05) is 12.5 Å². The largest absolute Gasteiger partial charge is 0.325 e. The molecule has 4 nitrogen and oxygen atoms in total. The fourth-order valence-corrected chi connectivity index (χ4v) is 4.24. The quantitative estimate of drug-likeness (QED) is 0.900. The van der Waals surface area contributed by atoms with Gasteiger partial charge in [0.05, 0.1) is 0 Å². The highest BCUT2D eigenvalue weighted by Crippen LogP contribution is 2.28. The van der Waals surface area contributed by atoms with Crippen molar-refractivity contribution in [3.8, 4) is 0 Å². The number of fused-ring (bicyclic) bond motifs is 1. The van der Waals surface area contributed by atoms with Gasteiger partial charge >= 0.3 is 6.03 Å². The van der Waals surface area contributed by atoms with E-state index in [-0.39, 0.29) is 6.03 Å². The number of carbonyl (C=O) groups is 1. The fraction of sp³-hybridized carbons (Fsp3) is 0.650. The molecule has 2 amide bonds. The average molecular weight is 327 g/mol. The summed E-state index contributed by atoms with van der Waals surface area (Å²) in [7, 11) is 0. The lowest BCUT2D eigenvalue weighted by Crippen LogP contribution is -2.41. The number of nitrogens with one attached hydrogen (secondary N) is 1. The Labute approximate surface area is 145 Å². The van der Waals surface area contributed by atoms with E-state index in [9.17, 15) is 4.79 Å². The Morgan fingerprint density at radius 2 is 1.67 bits per heavy atom. The fourth-order valence-electron chi connectivity index (χ4n) is 4.24. The lowest BCUT2D eigenvalue weighted by atomic mass is 9.91. The number of hydrogen-bond donors (Lipinski definition) is 1. The molecule has 0 radical (unpaired) electrons. The van der Waals surface area contributed by atoms with Crippen molar-refractivity contribution in [2.24, 2.45) is 0 Å². The van der Waals surface area contributed by atoms with Gasteiger partial charge in [0.15, 0.2) is 0 Å². The molecule has 4 heteroatoms. The Hall–Kier alpha value is -1.55. The minimum atomic E-state index is 0.0689. The number of nitrogens with zero attached hydrogens (tertiary/aromatic N) is 2. The first-order valence-corrected chi connectivity index (χ1v) is 9.71. The predicted molar refractivity (Wildman–Crippen MR) is 97.5 cm³/mol. The van der Waals surface area contributed by atoms with E-state index < -0.39 is 0 Å². The molecule has 24 heavy (non-hydrogen) atoms. The van der Waals surface area contributed by atoms with Crippen molar-refractivity contribution in [1.29, 1.82) is 0 Å². The van der Waals surface area contributed by atoms with Gasteiger partial charge in [0.1, 0.15) is 0 Å². The number of urea groups is 1. The van der Waals surface area contributed by atoms with Crippen LogP contribution in [0.1, 0.15) is 49.7 Å². The van der Waals surface area contributed by atoms with Crippen molar-refractivity contribution in [1.82, 2.24) is 9.80 Å². The summed E-state index contributed by atoms with van der Waals surface area (Å²) in [4.78, 5) is 17.0. The van der Waals surface area contributed by atoms with E-state index in [1.54, 1.807) is 0 Å². The minimum absolute atomic E-state index is 0.0689. The summed E-state index contributed by atoms with van der Waals surface area (Å²) < 4.78 is 0. The van der Waals surface area contributed by atoms with E-state index in [1.165, 1.54) is 49.9 Å². The highest BCUT2D eigenvalue weighted by Gasteiger charge is 2.26. The maximum Gasteiger partial charge on any atom is 0.321 e.